The molecule has 0 heterocycles. The van der Waals surface area contributed by atoms with Gasteiger partial charge in [0.05, 0.1) is 0 Å². The molecule has 0 N–H and O–H groups in total. The molecule has 1 heteroatoms. The third kappa shape index (κ3) is 1.33. The second-order valence-corrected chi connectivity index (χ2v) is 5.81. The summed E-state index contributed by atoms with van der Waals surface area (Å²) in [6.45, 7) is 0. The van der Waals surface area contributed by atoms with E-state index in [0.29, 0.717) is 0 Å². The Kier molecular flexibility index (Phi) is 2.05. The highest BCUT2D eigenvalue weighted by Gasteiger charge is 2.16. The van der Waals surface area contributed by atoms with Crippen LogP contribution in [0.2, 0.25) is 0 Å². The SMILES string of the molecule is Fc1ccc2c3c4c(cccc4c4cccc1c24)=CCC3. The van der Waals surface area contributed by atoms with E-state index in [1.54, 1.807) is 6.07 Å². The van der Waals surface area contributed by atoms with Gasteiger partial charge in [0, 0.05) is 5.39 Å². The Balaban J connectivity index is 2.25. The Morgan fingerprint density at radius 1 is 0.714 bits per heavy atom. The van der Waals surface area contributed by atoms with Crippen molar-refractivity contribution in [2.75, 3.05) is 0 Å². The summed E-state index contributed by atoms with van der Waals surface area (Å²) in [5.74, 6) is -0.127. The molecule has 21 heavy (non-hydrogen) atoms. The van der Waals surface area contributed by atoms with Gasteiger partial charge in [0.1, 0.15) is 5.82 Å². The van der Waals surface area contributed by atoms with Gasteiger partial charge in [-0.3, -0.25) is 0 Å². The molecule has 0 nitrogen and oxygen atoms in total. The molecule has 1 aliphatic rings. The minimum atomic E-state index is -0.127. The zero-order valence-corrected chi connectivity index (χ0v) is 11.5. The van der Waals surface area contributed by atoms with Gasteiger partial charge in [0.25, 0.3) is 0 Å². The van der Waals surface area contributed by atoms with Crippen molar-refractivity contribution in [2.45, 2.75) is 12.8 Å². The van der Waals surface area contributed by atoms with E-state index in [1.807, 2.05) is 18.2 Å². The van der Waals surface area contributed by atoms with Crippen LogP contribution < -0.4 is 5.22 Å². The quantitative estimate of drug-likeness (QED) is 0.320. The van der Waals surface area contributed by atoms with Crippen molar-refractivity contribution in [3.8, 4) is 0 Å². The average molecular weight is 272 g/mol. The number of hydrogen-bond donors (Lipinski definition) is 0. The third-order valence-corrected chi connectivity index (χ3v) is 4.76. The molecule has 0 fully saturated rings. The number of fused-ring (bicyclic) bond motifs is 2. The monoisotopic (exact) mass is 272 g/mol. The first kappa shape index (κ1) is 11.3. The predicted octanol–water partition coefficient (Wildman–Crippen LogP) is 4.73. The lowest BCUT2D eigenvalue weighted by Gasteiger charge is -2.18. The predicted molar refractivity (Wildman–Crippen MR) is 86.9 cm³/mol. The molecule has 4 aromatic carbocycles. The lowest BCUT2D eigenvalue weighted by atomic mass is 9.86. The van der Waals surface area contributed by atoms with Gasteiger partial charge in [-0.25, -0.2) is 4.39 Å². The topological polar surface area (TPSA) is 0 Å². The summed E-state index contributed by atoms with van der Waals surface area (Å²) in [5.41, 5.74) is 1.38. The van der Waals surface area contributed by atoms with Crippen LogP contribution in [0.4, 0.5) is 4.39 Å². The smallest absolute Gasteiger partial charge is 0.131 e. The van der Waals surface area contributed by atoms with Gasteiger partial charge in [-0.15, -0.1) is 0 Å². The molecule has 0 saturated heterocycles. The van der Waals surface area contributed by atoms with E-state index in [0.717, 1.165) is 29.0 Å². The summed E-state index contributed by atoms with van der Waals surface area (Å²) < 4.78 is 14.2. The molecule has 0 amide bonds. The van der Waals surface area contributed by atoms with Gasteiger partial charge < -0.3 is 0 Å². The van der Waals surface area contributed by atoms with Gasteiger partial charge in [0.15, 0.2) is 0 Å². The van der Waals surface area contributed by atoms with Crippen molar-refractivity contribution in [3.63, 3.8) is 0 Å². The maximum Gasteiger partial charge on any atom is 0.131 e. The van der Waals surface area contributed by atoms with Crippen LogP contribution in [0.1, 0.15) is 12.0 Å². The highest BCUT2D eigenvalue weighted by Crippen LogP contribution is 2.38. The fraction of sp³-hybridized carbons (Fsp3) is 0.100. The Bertz CT molecular complexity index is 1090. The summed E-state index contributed by atoms with van der Waals surface area (Å²) in [4.78, 5) is 0. The molecule has 0 aromatic heterocycles. The molecule has 0 saturated carbocycles. The van der Waals surface area contributed by atoms with E-state index >= 15 is 0 Å². The second-order valence-electron chi connectivity index (χ2n) is 5.81. The Hall–Kier alpha value is -2.41. The minimum absolute atomic E-state index is 0.127. The molecule has 0 radical (unpaired) electrons. The van der Waals surface area contributed by atoms with Crippen LogP contribution >= 0.6 is 0 Å². The average Bonchev–Trinajstić information content (AvgIpc) is 2.54. The molecule has 5 rings (SSSR count). The van der Waals surface area contributed by atoms with E-state index in [4.69, 9.17) is 0 Å². The second kappa shape index (κ2) is 3.82. The van der Waals surface area contributed by atoms with Gasteiger partial charge >= 0.3 is 0 Å². The van der Waals surface area contributed by atoms with Gasteiger partial charge in [-0.2, -0.15) is 0 Å². The first-order valence-corrected chi connectivity index (χ1v) is 7.39. The first-order chi connectivity index (χ1) is 10.3. The summed E-state index contributed by atoms with van der Waals surface area (Å²) in [7, 11) is 0. The first-order valence-electron chi connectivity index (χ1n) is 7.39. The third-order valence-electron chi connectivity index (χ3n) is 4.76. The Morgan fingerprint density at radius 3 is 2.38 bits per heavy atom. The lowest BCUT2D eigenvalue weighted by Crippen LogP contribution is -2.10. The molecule has 1 aliphatic carbocycles. The Morgan fingerprint density at radius 2 is 1.48 bits per heavy atom. The summed E-state index contributed by atoms with van der Waals surface area (Å²) in [6, 6.07) is 16.0. The zero-order valence-electron chi connectivity index (χ0n) is 11.5. The summed E-state index contributed by atoms with van der Waals surface area (Å²) in [5, 5.41) is 8.13. The van der Waals surface area contributed by atoms with E-state index in [9.17, 15) is 4.39 Å². The van der Waals surface area contributed by atoms with E-state index < -0.39 is 0 Å². The van der Waals surface area contributed by atoms with Crippen molar-refractivity contribution in [2.24, 2.45) is 0 Å². The molecule has 0 aliphatic heterocycles. The van der Waals surface area contributed by atoms with Crippen molar-refractivity contribution in [1.29, 1.82) is 0 Å². The van der Waals surface area contributed by atoms with E-state index in [-0.39, 0.29) is 5.82 Å². The molecular weight excluding hydrogens is 259 g/mol. The van der Waals surface area contributed by atoms with Gasteiger partial charge in [-0.05, 0) is 56.6 Å². The molecule has 0 bridgehead atoms. The van der Waals surface area contributed by atoms with Gasteiger partial charge in [0.2, 0.25) is 0 Å². The van der Waals surface area contributed by atoms with Crippen molar-refractivity contribution in [1.82, 2.24) is 0 Å². The summed E-state index contributed by atoms with van der Waals surface area (Å²) >= 11 is 0. The van der Waals surface area contributed by atoms with Crippen LogP contribution in [0.3, 0.4) is 0 Å². The molecule has 100 valence electrons. The van der Waals surface area contributed by atoms with Crippen LogP contribution in [-0.4, -0.2) is 0 Å². The fourth-order valence-electron chi connectivity index (χ4n) is 3.91. The molecule has 0 unspecified atom stereocenters. The van der Waals surface area contributed by atoms with Crippen molar-refractivity contribution in [3.05, 3.63) is 65.1 Å². The highest BCUT2D eigenvalue weighted by atomic mass is 19.1. The Labute approximate surface area is 121 Å². The maximum atomic E-state index is 14.2. The van der Waals surface area contributed by atoms with Crippen LogP contribution in [-0.2, 0) is 6.42 Å². The molecule has 0 atom stereocenters. The van der Waals surface area contributed by atoms with Crippen molar-refractivity contribution < 1.29 is 4.39 Å². The zero-order chi connectivity index (χ0) is 14.0. The number of benzene rings is 4. The lowest BCUT2D eigenvalue weighted by molar-refractivity contribution is 0.640. The number of hydrogen-bond acceptors (Lipinski definition) is 0. The molecular formula is C20H13F. The van der Waals surface area contributed by atoms with E-state index in [1.165, 1.54) is 26.9 Å². The number of rotatable bonds is 0. The van der Waals surface area contributed by atoms with Crippen LogP contribution in [0, 0.1) is 5.82 Å². The van der Waals surface area contributed by atoms with Crippen LogP contribution in [0.25, 0.3) is 38.4 Å². The molecule has 0 spiro atoms. The largest absolute Gasteiger partial charge is 0.206 e. The number of aryl methyl sites for hydroxylation is 1. The van der Waals surface area contributed by atoms with Crippen LogP contribution in [0.15, 0.2) is 48.5 Å². The maximum absolute atomic E-state index is 14.2. The normalized spacial score (nSPS) is 14.0. The number of halogens is 1. The standard InChI is InChI=1S/C20H13F/c21-18-11-10-16-14-7-2-5-12-4-1-6-13(19(12)14)15-8-3-9-17(18)20(15)16/h1,3-6,8-11H,2,7H2. The van der Waals surface area contributed by atoms with Crippen molar-refractivity contribution >= 4 is 38.4 Å². The van der Waals surface area contributed by atoms with E-state index in [2.05, 4.69) is 30.3 Å². The summed E-state index contributed by atoms with van der Waals surface area (Å²) in [6.07, 6.45) is 4.42. The van der Waals surface area contributed by atoms with Crippen LogP contribution in [0.5, 0.6) is 0 Å². The highest BCUT2D eigenvalue weighted by molar-refractivity contribution is 6.23. The van der Waals surface area contributed by atoms with Gasteiger partial charge in [-0.1, -0.05) is 48.5 Å². The molecule has 4 aromatic rings. The fourth-order valence-corrected chi connectivity index (χ4v) is 3.91. The minimum Gasteiger partial charge on any atom is -0.206 e.